The number of carbonyl (C=O) groups excluding carboxylic acids is 6. The Bertz CT molecular complexity index is 3470. The van der Waals surface area contributed by atoms with Gasteiger partial charge >= 0.3 is 0 Å². The molecule has 6 aromatic carbocycles. The molecule has 0 bridgehead atoms. The van der Waals surface area contributed by atoms with E-state index in [0.717, 1.165) is 59.9 Å². The molecule has 17 heteroatoms. The Hall–Kier alpha value is -6.69. The number of nitrogens with two attached hydrogens (primary N) is 1. The fourth-order valence-electron chi connectivity index (χ4n) is 10.1. The number of aromatic nitrogens is 3. The number of benzene rings is 6. The van der Waals surface area contributed by atoms with Crippen LogP contribution >= 0.6 is 0 Å². The zero-order chi connectivity index (χ0) is 49.0. The molecule has 0 radical (unpaired) electrons. The first-order chi connectivity index (χ1) is 33.7. The monoisotopic (exact) mass is 1340 g/mol. The number of nitrogens with zero attached hydrogens (tertiary/aromatic N) is 5. The van der Waals surface area contributed by atoms with E-state index in [1.165, 1.54) is 0 Å². The van der Waals surface area contributed by atoms with Crippen LogP contribution in [-0.2, 0) is 70.9 Å². The topological polar surface area (TPSA) is 213 Å². The number of hydrogen-bond acceptors (Lipinski definition) is 15. The van der Waals surface area contributed by atoms with E-state index in [-0.39, 0.29) is 129 Å². The SMILES string of the molecule is CN(C)c1ccc2c(ccc3onc(C4CCC(=O)CC4=O)c32)c1.CN(C)c1ccc2c(ccc3onc(C4CCC(=O)CC4=O)c32)c1.Nc1ccc2c(ccc3onc(C4CCC(=O)CC4=O)c32)c1.[CH3-].[CH3-].[W].[W]. The molecule has 9 aromatic rings. The maximum absolute atomic E-state index is 12.3. The van der Waals surface area contributed by atoms with Crippen LogP contribution in [0.15, 0.2) is 105 Å². The number of carbonyl (C=O) groups is 6. The van der Waals surface area contributed by atoms with Gasteiger partial charge < -0.3 is 44.0 Å². The van der Waals surface area contributed by atoms with Crippen molar-refractivity contribution in [3.05, 3.63) is 123 Å². The maximum atomic E-state index is 12.3. The molecule has 3 atom stereocenters. The van der Waals surface area contributed by atoms with Crippen molar-refractivity contribution in [2.45, 2.75) is 75.5 Å². The van der Waals surface area contributed by atoms with E-state index < -0.39 is 0 Å². The van der Waals surface area contributed by atoms with Crippen molar-refractivity contribution < 1.29 is 84.5 Å². The van der Waals surface area contributed by atoms with Gasteiger partial charge in [0.05, 0.1) is 53.2 Å². The molecule has 3 unspecified atom stereocenters. The van der Waals surface area contributed by atoms with Crippen molar-refractivity contribution in [2.24, 2.45) is 0 Å². The van der Waals surface area contributed by atoms with Crippen LogP contribution in [0.25, 0.3) is 65.2 Å². The summed E-state index contributed by atoms with van der Waals surface area (Å²) in [6.45, 7) is 0. The number of Topliss-reactive ketones (excluding diaryl/α,β-unsaturated/α-hetero) is 6. The molecule has 74 heavy (non-hydrogen) atoms. The molecule has 3 aliphatic rings. The molecule has 3 aromatic heterocycles. The zero-order valence-corrected chi connectivity index (χ0v) is 47.9. The van der Waals surface area contributed by atoms with Gasteiger partial charge in [-0.25, -0.2) is 0 Å². The number of hydrogen-bond donors (Lipinski definition) is 1. The molecular formula is C57H56N6O9W2-2. The number of nitrogen functional groups attached to an aromatic ring is 1. The van der Waals surface area contributed by atoms with Gasteiger partial charge in [0.2, 0.25) is 0 Å². The second-order valence-electron chi connectivity index (χ2n) is 18.9. The summed E-state index contributed by atoms with van der Waals surface area (Å²) in [6.07, 6.45) is 2.84. The van der Waals surface area contributed by atoms with Crippen molar-refractivity contribution in [3.8, 4) is 0 Å². The van der Waals surface area contributed by atoms with E-state index >= 15 is 0 Å². The van der Waals surface area contributed by atoms with Crippen LogP contribution < -0.4 is 15.5 Å². The van der Waals surface area contributed by atoms with Gasteiger partial charge in [0.25, 0.3) is 0 Å². The van der Waals surface area contributed by atoms with E-state index in [1.54, 1.807) is 0 Å². The zero-order valence-electron chi connectivity index (χ0n) is 42.1. The molecule has 3 aliphatic carbocycles. The Morgan fingerprint density at radius 1 is 0.446 bits per heavy atom. The second-order valence-corrected chi connectivity index (χ2v) is 18.9. The van der Waals surface area contributed by atoms with Gasteiger partial charge in [-0.15, -0.1) is 0 Å². The van der Waals surface area contributed by atoms with E-state index in [4.69, 9.17) is 19.3 Å². The van der Waals surface area contributed by atoms with Crippen molar-refractivity contribution in [1.29, 1.82) is 0 Å². The molecule has 3 heterocycles. The first-order valence-electron chi connectivity index (χ1n) is 23.4. The predicted molar refractivity (Wildman–Crippen MR) is 280 cm³/mol. The summed E-state index contributed by atoms with van der Waals surface area (Å²) < 4.78 is 16.3. The minimum atomic E-state index is -0.359. The van der Waals surface area contributed by atoms with Crippen LogP contribution in [0, 0.1) is 14.9 Å². The van der Waals surface area contributed by atoms with E-state index in [9.17, 15) is 28.8 Å². The Kier molecular flexibility index (Phi) is 17.8. The van der Waals surface area contributed by atoms with E-state index in [2.05, 4.69) is 37.4 Å². The fraction of sp³-hybridized carbons (Fsp3) is 0.281. The maximum Gasteiger partial charge on any atom is 0.167 e. The van der Waals surface area contributed by atoms with Crippen LogP contribution in [0.2, 0.25) is 0 Å². The normalized spacial score (nSPS) is 17.7. The largest absolute Gasteiger partial charge is 0.399 e. The summed E-state index contributed by atoms with van der Waals surface area (Å²) in [5.41, 5.74) is 12.7. The summed E-state index contributed by atoms with van der Waals surface area (Å²) in [7, 11) is 8.01. The van der Waals surface area contributed by atoms with E-state index in [0.29, 0.717) is 78.0 Å². The Morgan fingerprint density at radius 3 is 1.07 bits per heavy atom. The molecule has 3 fully saturated rings. The summed E-state index contributed by atoms with van der Waals surface area (Å²) in [6, 6.07) is 29.6. The molecule has 0 aliphatic heterocycles. The van der Waals surface area contributed by atoms with Gasteiger partial charge in [0.1, 0.15) is 51.8 Å². The van der Waals surface area contributed by atoms with Crippen molar-refractivity contribution in [3.63, 3.8) is 0 Å². The molecule has 2 N–H and O–H groups in total. The van der Waals surface area contributed by atoms with Crippen LogP contribution in [0.3, 0.4) is 0 Å². The molecule has 0 saturated heterocycles. The van der Waals surface area contributed by atoms with Crippen LogP contribution in [0.5, 0.6) is 0 Å². The average molecular weight is 1340 g/mol. The van der Waals surface area contributed by atoms with Crippen LogP contribution in [-0.4, -0.2) is 78.4 Å². The molecule has 0 spiro atoms. The number of rotatable bonds is 5. The van der Waals surface area contributed by atoms with Crippen LogP contribution in [0.4, 0.5) is 17.1 Å². The van der Waals surface area contributed by atoms with Gasteiger partial charge in [0, 0.05) is 107 Å². The van der Waals surface area contributed by atoms with Gasteiger partial charge in [-0.1, -0.05) is 51.9 Å². The summed E-state index contributed by atoms with van der Waals surface area (Å²) >= 11 is 0. The van der Waals surface area contributed by atoms with Gasteiger partial charge in [-0.3, -0.25) is 28.8 Å². The third kappa shape index (κ3) is 10.9. The van der Waals surface area contributed by atoms with Crippen molar-refractivity contribution in [1.82, 2.24) is 15.5 Å². The van der Waals surface area contributed by atoms with Gasteiger partial charge in [-0.05, 0) is 106 Å². The second kappa shape index (κ2) is 23.2. The molecule has 0 amide bonds. The first kappa shape index (κ1) is 56.6. The smallest absolute Gasteiger partial charge is 0.167 e. The van der Waals surface area contributed by atoms with E-state index in [1.807, 2.05) is 107 Å². The first-order valence-corrected chi connectivity index (χ1v) is 23.4. The summed E-state index contributed by atoms with van der Waals surface area (Å²) in [5.74, 6) is -1.18. The van der Waals surface area contributed by atoms with Gasteiger partial charge in [0.15, 0.2) is 16.7 Å². The fourth-order valence-corrected chi connectivity index (χ4v) is 10.1. The standard InChI is InChI=1S/2C19H18N2O3.C17H14N2O3.2CH3.2W/c2*1-21(2)12-4-6-14-11(9-12)3-8-17-18(14)19(20-24-17)15-7-5-13(22)10-16(15)23;18-10-2-4-12-9(7-10)1-6-15-16(12)17(19-22-15)13-5-3-11(20)8-14(13)21;;;;/h2*3-4,6,8-9,15H,5,7,10H2,1-2H3;1-2,4,6-7,13H,3,5,8,18H2;2*1H3;;/q;;;2*-1;;. The number of ketones is 6. The van der Waals surface area contributed by atoms with Crippen molar-refractivity contribution >= 4 is 117 Å². The minimum absolute atomic E-state index is 0. The molecule has 15 nitrogen and oxygen atoms in total. The Morgan fingerprint density at radius 2 is 0.757 bits per heavy atom. The molecule has 12 rings (SSSR count). The average Bonchev–Trinajstić information content (AvgIpc) is 4.09. The summed E-state index contributed by atoms with van der Waals surface area (Å²) in [5, 5.41) is 21.3. The van der Waals surface area contributed by atoms with Gasteiger partial charge in [-0.2, -0.15) is 0 Å². The van der Waals surface area contributed by atoms with Crippen LogP contribution in [0.1, 0.15) is 92.6 Å². The third-order valence-electron chi connectivity index (χ3n) is 13.9. The number of anilines is 3. The number of fused-ring (bicyclic) bond motifs is 9. The Balaban J connectivity index is 0.000000176. The minimum Gasteiger partial charge on any atom is -0.399 e. The molecule has 382 valence electrons. The molecular weight excluding hydrogens is 1280 g/mol. The third-order valence-corrected chi connectivity index (χ3v) is 13.9. The predicted octanol–water partition coefficient (Wildman–Crippen LogP) is 10.8. The molecule has 3 saturated carbocycles. The quantitative estimate of drug-likeness (QED) is 0.0964. The summed E-state index contributed by atoms with van der Waals surface area (Å²) in [4.78, 5) is 75.4. The Labute approximate surface area is 456 Å². The van der Waals surface area contributed by atoms with Crippen molar-refractivity contribution in [2.75, 3.05) is 43.7 Å².